The number of carbonyl (C=O) groups excluding carboxylic acids is 2. The van der Waals surface area contributed by atoms with Crippen molar-refractivity contribution in [2.75, 3.05) is 13.2 Å². The van der Waals surface area contributed by atoms with Gasteiger partial charge in [-0.2, -0.15) is 0 Å². The van der Waals surface area contributed by atoms with E-state index in [1.165, 1.54) is 116 Å². The second kappa shape index (κ2) is 57.6. The van der Waals surface area contributed by atoms with Gasteiger partial charge in [-0.1, -0.05) is 264 Å². The topological polar surface area (TPSA) is 72.8 Å². The minimum absolute atomic E-state index is 0.0698. The van der Waals surface area contributed by atoms with Crippen molar-refractivity contribution in [1.82, 2.24) is 0 Å². The van der Waals surface area contributed by atoms with Gasteiger partial charge in [-0.05, 0) is 89.9 Å². The number of ether oxygens (including phenoxy) is 2. The Morgan fingerprint density at radius 3 is 0.956 bits per heavy atom. The lowest BCUT2D eigenvalue weighted by molar-refractivity contribution is -0.161. The van der Waals surface area contributed by atoms with Crippen molar-refractivity contribution in [2.24, 2.45) is 0 Å². The third-order valence-corrected chi connectivity index (χ3v) is 11.8. The zero-order valence-corrected chi connectivity index (χ0v) is 44.1. The van der Waals surface area contributed by atoms with Crippen molar-refractivity contribution in [3.8, 4) is 0 Å². The largest absolute Gasteiger partial charge is 0.462 e. The van der Waals surface area contributed by atoms with Gasteiger partial charge in [-0.3, -0.25) is 9.59 Å². The maximum absolute atomic E-state index is 12.3. The van der Waals surface area contributed by atoms with Crippen molar-refractivity contribution in [3.63, 3.8) is 0 Å². The zero-order chi connectivity index (χ0) is 49.2. The molecule has 0 saturated carbocycles. The molecule has 386 valence electrons. The van der Waals surface area contributed by atoms with Crippen LogP contribution in [-0.4, -0.2) is 36.4 Å². The van der Waals surface area contributed by atoms with Crippen LogP contribution in [0.1, 0.15) is 245 Å². The van der Waals surface area contributed by atoms with E-state index < -0.39 is 6.10 Å². The summed E-state index contributed by atoms with van der Waals surface area (Å²) in [6.07, 6.45) is 84.5. The van der Waals surface area contributed by atoms with Crippen LogP contribution in [0.2, 0.25) is 0 Å². The van der Waals surface area contributed by atoms with Gasteiger partial charge in [-0.25, -0.2) is 0 Å². The molecule has 5 nitrogen and oxygen atoms in total. The molecule has 0 aliphatic carbocycles. The van der Waals surface area contributed by atoms with Crippen LogP contribution in [0, 0.1) is 0 Å². The van der Waals surface area contributed by atoms with Gasteiger partial charge in [0.05, 0.1) is 6.61 Å². The van der Waals surface area contributed by atoms with Crippen molar-refractivity contribution in [3.05, 3.63) is 122 Å². The average Bonchev–Trinajstić information content (AvgIpc) is 3.34. The summed E-state index contributed by atoms with van der Waals surface area (Å²) in [5.41, 5.74) is 0. The summed E-state index contributed by atoms with van der Waals surface area (Å²) in [5.74, 6) is -0.596. The molecule has 0 bridgehead atoms. The molecule has 0 aliphatic heterocycles. The van der Waals surface area contributed by atoms with Gasteiger partial charge in [0.15, 0.2) is 6.10 Å². The number of esters is 2. The second-order valence-corrected chi connectivity index (χ2v) is 18.3. The highest BCUT2D eigenvalue weighted by Gasteiger charge is 2.16. The number of rotatable bonds is 50. The first kappa shape index (κ1) is 64.3. The molecule has 0 saturated heterocycles. The van der Waals surface area contributed by atoms with Crippen LogP contribution in [0.3, 0.4) is 0 Å². The van der Waals surface area contributed by atoms with Crippen molar-refractivity contribution in [1.29, 1.82) is 0 Å². The molecule has 0 fully saturated rings. The Balaban J connectivity index is 3.58. The van der Waals surface area contributed by atoms with Gasteiger partial charge in [-0.15, -0.1) is 0 Å². The van der Waals surface area contributed by atoms with E-state index in [-0.39, 0.29) is 25.2 Å². The first-order valence-corrected chi connectivity index (χ1v) is 28.1. The molecule has 0 aromatic carbocycles. The predicted molar refractivity (Wildman–Crippen MR) is 297 cm³/mol. The summed E-state index contributed by atoms with van der Waals surface area (Å²) < 4.78 is 10.7. The summed E-state index contributed by atoms with van der Waals surface area (Å²) in [6, 6.07) is 0. The summed E-state index contributed by atoms with van der Waals surface area (Å²) in [6.45, 7) is 4.02. The first-order chi connectivity index (χ1) is 33.6. The smallest absolute Gasteiger partial charge is 0.306 e. The lowest BCUT2D eigenvalue weighted by Crippen LogP contribution is -2.28. The Hall–Kier alpha value is -3.70. The maximum atomic E-state index is 12.3. The van der Waals surface area contributed by atoms with E-state index in [9.17, 15) is 14.7 Å². The SMILES string of the molecule is CC/C=C\C/C=C\C/C=C\C/C=C\C/C=C\C/C=C\C/C=C\C/C=C\C/C=C\C/C=C\CCCCCCCCCCCCC(=O)OC(CO)COC(=O)CCCCCCCCCCCCCCC. The molecule has 0 aliphatic rings. The molecule has 1 N–H and O–H groups in total. The van der Waals surface area contributed by atoms with Gasteiger partial charge in [0.2, 0.25) is 0 Å². The van der Waals surface area contributed by atoms with Crippen LogP contribution in [0.15, 0.2) is 122 Å². The van der Waals surface area contributed by atoms with Gasteiger partial charge in [0, 0.05) is 12.8 Å². The molecule has 1 unspecified atom stereocenters. The summed E-state index contributed by atoms with van der Waals surface area (Å²) in [5, 5.41) is 9.62. The summed E-state index contributed by atoms with van der Waals surface area (Å²) in [7, 11) is 0. The first-order valence-electron chi connectivity index (χ1n) is 28.1. The predicted octanol–water partition coefficient (Wildman–Crippen LogP) is 19.1. The molecule has 0 amide bonds. The number of allylic oxidation sites excluding steroid dienone is 20. The molecular weight excluding hydrogens is 837 g/mol. The molecule has 0 aromatic heterocycles. The standard InChI is InChI=1S/C63H104O5/c1-3-5-7-9-11-13-15-17-18-19-20-21-22-23-24-25-26-27-28-29-30-31-32-33-34-35-36-37-38-39-40-41-42-43-44-46-48-50-52-54-56-58-63(66)68-61(59-64)60-67-62(65)57-55-53-51-49-47-45-16-14-12-10-8-6-4-2/h5,7,11,13,17-18,20-21,23-24,26-27,29-30,32-33,35-36,38-39,61,64H,3-4,6,8-10,12,14-16,19,22,25,28,31,34,37,40-60H2,1-2H3/b7-5-,13-11-,18-17-,21-20-,24-23-,27-26-,30-29-,33-32-,36-35-,39-38-. The Morgan fingerprint density at radius 2 is 0.632 bits per heavy atom. The monoisotopic (exact) mass is 941 g/mol. The minimum Gasteiger partial charge on any atom is -0.462 e. The molecule has 1 atom stereocenters. The molecule has 0 rings (SSSR count). The van der Waals surface area contributed by atoms with Crippen LogP contribution >= 0.6 is 0 Å². The van der Waals surface area contributed by atoms with Crippen LogP contribution in [0.5, 0.6) is 0 Å². The fourth-order valence-electron chi connectivity index (χ4n) is 7.58. The molecule has 68 heavy (non-hydrogen) atoms. The number of hydrogen-bond donors (Lipinski definition) is 1. The van der Waals surface area contributed by atoms with E-state index in [2.05, 4.69) is 135 Å². The van der Waals surface area contributed by atoms with E-state index in [4.69, 9.17) is 9.47 Å². The molecule has 0 heterocycles. The van der Waals surface area contributed by atoms with Crippen LogP contribution in [0.25, 0.3) is 0 Å². The highest BCUT2D eigenvalue weighted by Crippen LogP contribution is 2.15. The van der Waals surface area contributed by atoms with Crippen molar-refractivity contribution in [2.45, 2.75) is 251 Å². The minimum atomic E-state index is -0.778. The lowest BCUT2D eigenvalue weighted by Gasteiger charge is -2.15. The van der Waals surface area contributed by atoms with E-state index in [1.807, 2.05) is 0 Å². The Labute approximate surface area is 420 Å². The van der Waals surface area contributed by atoms with Gasteiger partial charge in [0.25, 0.3) is 0 Å². The number of aliphatic hydroxyl groups is 1. The number of carbonyl (C=O) groups is 2. The third kappa shape index (κ3) is 54.9. The van der Waals surface area contributed by atoms with E-state index in [0.717, 1.165) is 103 Å². The van der Waals surface area contributed by atoms with E-state index in [1.54, 1.807) is 0 Å². The van der Waals surface area contributed by atoms with Crippen LogP contribution < -0.4 is 0 Å². The fourth-order valence-corrected chi connectivity index (χ4v) is 7.58. The van der Waals surface area contributed by atoms with Gasteiger partial charge in [0.1, 0.15) is 6.61 Å². The van der Waals surface area contributed by atoms with Crippen molar-refractivity contribution < 1.29 is 24.2 Å². The van der Waals surface area contributed by atoms with Crippen LogP contribution in [-0.2, 0) is 19.1 Å². The fraction of sp³-hybridized carbons (Fsp3) is 0.651. The average molecular weight is 942 g/mol. The summed E-state index contributed by atoms with van der Waals surface area (Å²) >= 11 is 0. The number of aliphatic hydroxyl groups excluding tert-OH is 1. The Bertz CT molecular complexity index is 1390. The third-order valence-electron chi connectivity index (χ3n) is 11.8. The maximum Gasteiger partial charge on any atom is 0.306 e. The Morgan fingerprint density at radius 1 is 0.353 bits per heavy atom. The number of hydrogen-bond acceptors (Lipinski definition) is 5. The molecule has 0 aromatic rings. The van der Waals surface area contributed by atoms with Gasteiger partial charge < -0.3 is 14.6 Å². The van der Waals surface area contributed by atoms with Crippen molar-refractivity contribution >= 4 is 11.9 Å². The molecule has 0 spiro atoms. The van der Waals surface area contributed by atoms with Crippen LogP contribution in [0.4, 0.5) is 0 Å². The molecule has 5 heteroatoms. The highest BCUT2D eigenvalue weighted by molar-refractivity contribution is 5.70. The normalized spacial score (nSPS) is 13.2. The molecular formula is C63H104O5. The van der Waals surface area contributed by atoms with Gasteiger partial charge >= 0.3 is 11.9 Å². The van der Waals surface area contributed by atoms with E-state index >= 15 is 0 Å². The lowest BCUT2D eigenvalue weighted by atomic mass is 10.0. The quantitative estimate of drug-likeness (QED) is 0.0374. The van der Waals surface area contributed by atoms with E-state index in [0.29, 0.717) is 12.8 Å². The zero-order valence-electron chi connectivity index (χ0n) is 44.1. The molecule has 0 radical (unpaired) electrons. The second-order valence-electron chi connectivity index (χ2n) is 18.3. The number of unbranched alkanes of at least 4 members (excludes halogenated alkanes) is 22. The highest BCUT2D eigenvalue weighted by atomic mass is 16.6. The Kier molecular flexibility index (Phi) is 54.5. The summed E-state index contributed by atoms with van der Waals surface area (Å²) in [4.78, 5) is 24.4.